The highest BCUT2D eigenvalue weighted by molar-refractivity contribution is 7.80. The summed E-state index contributed by atoms with van der Waals surface area (Å²) >= 11 is 3.97. The van der Waals surface area contributed by atoms with Crippen molar-refractivity contribution >= 4 is 48.2 Å². The summed E-state index contributed by atoms with van der Waals surface area (Å²) in [4.78, 5) is 71.3. The number of likely N-dealkylation sites (tertiary alicyclic amines) is 1. The van der Waals surface area contributed by atoms with Crippen molar-refractivity contribution in [3.8, 4) is 0 Å². The molecule has 168 valence electrons. The minimum Gasteiger partial charge on any atom is -0.481 e. The van der Waals surface area contributed by atoms with E-state index in [4.69, 9.17) is 21.7 Å². The summed E-state index contributed by atoms with van der Waals surface area (Å²) in [5.74, 6) is -6.16. The standard InChI is InChI=1S/C16H25N5O8S/c17-7(4-12(23)24)15(27)21-3-1-2-10(21)14(26)20-9(6-30)13(25)19-8(16(28)29)5-11(18)22/h7-10,30H,1-6,17H2,(H2,18,22)(H,19,25)(H,20,26)(H,23,24)(H,28,29). The third-order valence-electron chi connectivity index (χ3n) is 4.39. The molecule has 1 saturated heterocycles. The number of carbonyl (C=O) groups excluding carboxylic acids is 4. The van der Waals surface area contributed by atoms with E-state index < -0.39 is 72.6 Å². The second-order valence-corrected chi connectivity index (χ2v) is 7.07. The van der Waals surface area contributed by atoms with Crippen molar-refractivity contribution in [2.24, 2.45) is 11.5 Å². The molecule has 14 heteroatoms. The molecule has 30 heavy (non-hydrogen) atoms. The Kier molecular flexibility index (Phi) is 9.52. The molecule has 1 aliphatic heterocycles. The van der Waals surface area contributed by atoms with Crippen LogP contribution in [0.4, 0.5) is 0 Å². The Morgan fingerprint density at radius 2 is 1.70 bits per heavy atom. The van der Waals surface area contributed by atoms with Crippen molar-refractivity contribution in [2.45, 2.75) is 49.9 Å². The van der Waals surface area contributed by atoms with Gasteiger partial charge in [-0.25, -0.2) is 4.79 Å². The first-order valence-corrected chi connectivity index (χ1v) is 9.61. The SMILES string of the molecule is NC(=O)CC(NC(=O)C(CS)NC(=O)C1CCCN1C(=O)C(N)CC(=O)O)C(=O)O. The first kappa shape index (κ1) is 25.2. The number of carbonyl (C=O) groups is 6. The van der Waals surface area contributed by atoms with Gasteiger partial charge < -0.3 is 37.2 Å². The Morgan fingerprint density at radius 1 is 1.07 bits per heavy atom. The molecular formula is C16H25N5O8S. The molecule has 1 aliphatic rings. The minimum absolute atomic E-state index is 0.195. The highest BCUT2D eigenvalue weighted by atomic mass is 32.1. The molecule has 0 aromatic carbocycles. The average Bonchev–Trinajstić information content (AvgIpc) is 3.13. The second kappa shape index (κ2) is 11.3. The molecule has 1 rings (SSSR count). The third-order valence-corrected chi connectivity index (χ3v) is 4.75. The van der Waals surface area contributed by atoms with Crippen molar-refractivity contribution in [1.82, 2.24) is 15.5 Å². The van der Waals surface area contributed by atoms with Gasteiger partial charge in [-0.1, -0.05) is 0 Å². The molecule has 1 heterocycles. The Morgan fingerprint density at radius 3 is 2.20 bits per heavy atom. The van der Waals surface area contributed by atoms with E-state index in [1.165, 1.54) is 0 Å². The summed E-state index contributed by atoms with van der Waals surface area (Å²) in [6, 6.07) is -5.10. The van der Waals surface area contributed by atoms with E-state index >= 15 is 0 Å². The molecule has 4 atom stereocenters. The number of primary amides is 1. The van der Waals surface area contributed by atoms with E-state index in [0.717, 1.165) is 4.90 Å². The number of amides is 4. The molecular weight excluding hydrogens is 422 g/mol. The van der Waals surface area contributed by atoms with Crippen molar-refractivity contribution in [3.05, 3.63) is 0 Å². The second-order valence-electron chi connectivity index (χ2n) is 6.71. The van der Waals surface area contributed by atoms with Gasteiger partial charge in [0.1, 0.15) is 18.1 Å². The van der Waals surface area contributed by atoms with Crippen LogP contribution >= 0.6 is 12.6 Å². The Bertz CT molecular complexity index is 718. The number of hydrogen-bond acceptors (Lipinski definition) is 8. The van der Waals surface area contributed by atoms with Crippen LogP contribution in [0.25, 0.3) is 0 Å². The quantitative estimate of drug-likeness (QED) is 0.157. The zero-order valence-corrected chi connectivity index (χ0v) is 16.8. The van der Waals surface area contributed by atoms with Gasteiger partial charge in [0.2, 0.25) is 23.6 Å². The number of nitrogens with one attached hydrogen (secondary N) is 2. The van der Waals surface area contributed by atoms with Crippen LogP contribution in [0.3, 0.4) is 0 Å². The predicted molar refractivity (Wildman–Crippen MR) is 104 cm³/mol. The number of aliphatic carboxylic acids is 2. The van der Waals surface area contributed by atoms with Gasteiger partial charge in [-0.3, -0.25) is 24.0 Å². The summed E-state index contributed by atoms with van der Waals surface area (Å²) in [6.07, 6.45) is -0.485. The molecule has 0 aromatic heterocycles. The van der Waals surface area contributed by atoms with E-state index in [0.29, 0.717) is 6.42 Å². The smallest absolute Gasteiger partial charge is 0.326 e. The number of nitrogens with zero attached hydrogens (tertiary/aromatic N) is 1. The normalized spacial score (nSPS) is 18.7. The molecule has 0 radical (unpaired) electrons. The summed E-state index contributed by atoms with van der Waals surface area (Å²) in [5.41, 5.74) is 10.5. The number of thiol groups is 1. The largest absolute Gasteiger partial charge is 0.481 e. The van der Waals surface area contributed by atoms with Crippen LogP contribution in [0.5, 0.6) is 0 Å². The zero-order chi connectivity index (χ0) is 23.0. The molecule has 0 spiro atoms. The summed E-state index contributed by atoms with van der Waals surface area (Å²) in [7, 11) is 0. The molecule has 8 N–H and O–H groups in total. The maximum absolute atomic E-state index is 12.6. The number of rotatable bonds is 11. The van der Waals surface area contributed by atoms with Gasteiger partial charge in [0.05, 0.1) is 18.9 Å². The summed E-state index contributed by atoms with van der Waals surface area (Å²) in [6.45, 7) is 0.196. The van der Waals surface area contributed by atoms with Crippen LogP contribution in [0, 0.1) is 0 Å². The van der Waals surface area contributed by atoms with E-state index in [2.05, 4.69) is 23.3 Å². The maximum atomic E-state index is 12.6. The third kappa shape index (κ3) is 7.18. The summed E-state index contributed by atoms with van der Waals surface area (Å²) in [5, 5.41) is 22.3. The molecule has 0 bridgehead atoms. The predicted octanol–water partition coefficient (Wildman–Crippen LogP) is -3.36. The fourth-order valence-corrected chi connectivity index (χ4v) is 3.18. The highest BCUT2D eigenvalue weighted by Gasteiger charge is 2.38. The van der Waals surface area contributed by atoms with Crippen molar-refractivity contribution in [1.29, 1.82) is 0 Å². The molecule has 4 amide bonds. The Balaban J connectivity index is 2.80. The molecule has 1 fully saturated rings. The van der Waals surface area contributed by atoms with E-state index in [-0.39, 0.29) is 18.7 Å². The molecule has 0 saturated carbocycles. The van der Waals surface area contributed by atoms with Crippen LogP contribution in [-0.4, -0.2) is 87.1 Å². The molecule has 13 nitrogen and oxygen atoms in total. The van der Waals surface area contributed by atoms with Crippen molar-refractivity contribution in [2.75, 3.05) is 12.3 Å². The first-order chi connectivity index (χ1) is 14.0. The lowest BCUT2D eigenvalue weighted by Crippen LogP contribution is -2.57. The Hall–Kier alpha value is -2.87. The van der Waals surface area contributed by atoms with Gasteiger partial charge >= 0.3 is 11.9 Å². The number of carboxylic acids is 2. The van der Waals surface area contributed by atoms with Gasteiger partial charge in [-0.05, 0) is 12.8 Å². The van der Waals surface area contributed by atoms with Crippen molar-refractivity contribution in [3.63, 3.8) is 0 Å². The number of carboxylic acid groups (broad SMARTS) is 2. The van der Waals surface area contributed by atoms with Gasteiger partial charge in [-0.2, -0.15) is 12.6 Å². The topological polar surface area (TPSA) is 222 Å². The van der Waals surface area contributed by atoms with Gasteiger partial charge in [0.15, 0.2) is 0 Å². The van der Waals surface area contributed by atoms with Crippen LogP contribution in [-0.2, 0) is 28.8 Å². The fraction of sp³-hybridized carbons (Fsp3) is 0.625. The summed E-state index contributed by atoms with van der Waals surface area (Å²) < 4.78 is 0. The van der Waals surface area contributed by atoms with Crippen molar-refractivity contribution < 1.29 is 39.0 Å². The van der Waals surface area contributed by atoms with Gasteiger partial charge in [0, 0.05) is 12.3 Å². The highest BCUT2D eigenvalue weighted by Crippen LogP contribution is 2.19. The van der Waals surface area contributed by atoms with Gasteiger partial charge in [0.25, 0.3) is 0 Å². The molecule has 0 aliphatic carbocycles. The lowest BCUT2D eigenvalue weighted by molar-refractivity contribution is -0.144. The van der Waals surface area contributed by atoms with E-state index in [9.17, 15) is 28.8 Å². The number of hydrogen-bond donors (Lipinski definition) is 7. The fourth-order valence-electron chi connectivity index (χ4n) is 2.93. The zero-order valence-electron chi connectivity index (χ0n) is 15.9. The van der Waals surface area contributed by atoms with E-state index in [1.54, 1.807) is 0 Å². The molecule has 4 unspecified atom stereocenters. The monoisotopic (exact) mass is 447 g/mol. The lowest BCUT2D eigenvalue weighted by atomic mass is 10.1. The minimum atomic E-state index is -1.58. The molecule has 0 aromatic rings. The van der Waals surface area contributed by atoms with Crippen LogP contribution in [0.15, 0.2) is 0 Å². The van der Waals surface area contributed by atoms with E-state index in [1.807, 2.05) is 0 Å². The Labute approximate surface area is 176 Å². The van der Waals surface area contributed by atoms with Crippen LogP contribution in [0.1, 0.15) is 25.7 Å². The van der Waals surface area contributed by atoms with Crippen LogP contribution < -0.4 is 22.1 Å². The first-order valence-electron chi connectivity index (χ1n) is 8.98. The maximum Gasteiger partial charge on any atom is 0.326 e. The lowest BCUT2D eigenvalue weighted by Gasteiger charge is -2.28. The van der Waals surface area contributed by atoms with Gasteiger partial charge in [-0.15, -0.1) is 0 Å². The average molecular weight is 447 g/mol. The van der Waals surface area contributed by atoms with Crippen LogP contribution in [0.2, 0.25) is 0 Å². The number of nitrogens with two attached hydrogens (primary N) is 2.